The number of amides is 2. The van der Waals surface area contributed by atoms with Gasteiger partial charge in [0.1, 0.15) is 0 Å². The van der Waals surface area contributed by atoms with Gasteiger partial charge in [-0.25, -0.2) is 4.79 Å². The van der Waals surface area contributed by atoms with Crippen LogP contribution in [-0.4, -0.2) is 47.2 Å². The molecule has 0 aliphatic carbocycles. The molecular weight excluding hydrogens is 324 g/mol. The Balaban J connectivity index is 1.74. The molecule has 1 aliphatic heterocycles. The van der Waals surface area contributed by atoms with Gasteiger partial charge in [0.15, 0.2) is 0 Å². The van der Waals surface area contributed by atoms with Crippen LogP contribution in [0.3, 0.4) is 0 Å². The molecule has 2 heterocycles. The summed E-state index contributed by atoms with van der Waals surface area (Å²) in [6, 6.07) is 7.28. The zero-order valence-corrected chi connectivity index (χ0v) is 14.2. The zero-order valence-electron chi connectivity index (χ0n) is 14.2. The van der Waals surface area contributed by atoms with Gasteiger partial charge in [-0.15, -0.1) is 0 Å². The number of aromatic nitrogens is 2. The van der Waals surface area contributed by atoms with E-state index in [1.807, 2.05) is 18.2 Å². The second-order valence-electron chi connectivity index (χ2n) is 5.93. The van der Waals surface area contributed by atoms with Gasteiger partial charge >= 0.3 is 6.09 Å². The number of rotatable bonds is 3. The highest BCUT2D eigenvalue weighted by atomic mass is 16.5. The summed E-state index contributed by atoms with van der Waals surface area (Å²) in [7, 11) is 1.34. The molecule has 1 saturated heterocycles. The van der Waals surface area contributed by atoms with E-state index in [9.17, 15) is 9.59 Å². The number of ether oxygens (including phenoxy) is 1. The molecular formula is C17H20N4O4. The third-order valence-electron chi connectivity index (χ3n) is 4.18. The van der Waals surface area contributed by atoms with Gasteiger partial charge in [-0.2, -0.15) is 4.98 Å². The summed E-state index contributed by atoms with van der Waals surface area (Å²) in [6.07, 6.45) is 1.09. The van der Waals surface area contributed by atoms with Crippen LogP contribution < -0.4 is 5.32 Å². The van der Waals surface area contributed by atoms with E-state index < -0.39 is 6.09 Å². The van der Waals surface area contributed by atoms with Gasteiger partial charge in [0.25, 0.3) is 0 Å². The van der Waals surface area contributed by atoms with Crippen LogP contribution in [-0.2, 0) is 9.53 Å². The number of nitrogens with zero attached hydrogens (tertiary/aromatic N) is 3. The molecule has 2 aromatic rings. The van der Waals surface area contributed by atoms with E-state index in [1.54, 1.807) is 17.9 Å². The fourth-order valence-electron chi connectivity index (χ4n) is 2.92. The quantitative estimate of drug-likeness (QED) is 0.918. The SMILES string of the molecule is COC(=O)N1CCCC(C(=O)Nc2ccccc2-c2noc(C)n2)C1. The van der Waals surface area contributed by atoms with Crippen molar-refractivity contribution in [2.24, 2.45) is 5.92 Å². The number of carbonyl (C=O) groups is 2. The molecule has 1 atom stereocenters. The Kier molecular flexibility index (Phi) is 4.97. The van der Waals surface area contributed by atoms with Crippen molar-refractivity contribution in [2.75, 3.05) is 25.5 Å². The van der Waals surface area contributed by atoms with Gasteiger partial charge in [-0.3, -0.25) is 4.79 Å². The molecule has 1 aromatic heterocycles. The van der Waals surface area contributed by atoms with Gasteiger partial charge in [0.2, 0.25) is 17.6 Å². The number of benzene rings is 1. The van der Waals surface area contributed by atoms with Crippen molar-refractivity contribution in [1.29, 1.82) is 0 Å². The van der Waals surface area contributed by atoms with Crippen LogP contribution in [0.5, 0.6) is 0 Å². The zero-order chi connectivity index (χ0) is 17.8. The molecule has 2 amide bonds. The standard InChI is InChI=1S/C17H20N4O4/c1-11-18-15(20-25-11)13-7-3-4-8-14(13)19-16(22)12-6-5-9-21(10-12)17(23)24-2/h3-4,7-8,12H,5-6,9-10H2,1-2H3,(H,19,22). The summed E-state index contributed by atoms with van der Waals surface area (Å²) in [6.45, 7) is 2.66. The first-order chi connectivity index (χ1) is 12.1. The maximum absolute atomic E-state index is 12.7. The number of likely N-dealkylation sites (tertiary alicyclic amines) is 1. The third kappa shape index (κ3) is 3.78. The van der Waals surface area contributed by atoms with Crippen molar-refractivity contribution in [1.82, 2.24) is 15.0 Å². The molecule has 1 fully saturated rings. The average molecular weight is 344 g/mol. The van der Waals surface area contributed by atoms with Crippen LogP contribution in [0.2, 0.25) is 0 Å². The normalized spacial score (nSPS) is 17.2. The molecule has 0 bridgehead atoms. The van der Waals surface area contributed by atoms with Crippen molar-refractivity contribution in [3.8, 4) is 11.4 Å². The van der Waals surface area contributed by atoms with Crippen LogP contribution in [0.25, 0.3) is 11.4 Å². The Labute approximate surface area is 145 Å². The molecule has 132 valence electrons. The van der Waals surface area contributed by atoms with Crippen molar-refractivity contribution in [3.05, 3.63) is 30.2 Å². The number of para-hydroxylation sites is 1. The molecule has 1 N–H and O–H groups in total. The smallest absolute Gasteiger partial charge is 0.409 e. The fourth-order valence-corrected chi connectivity index (χ4v) is 2.92. The summed E-state index contributed by atoms with van der Waals surface area (Å²) in [4.78, 5) is 30.1. The molecule has 8 heteroatoms. The second kappa shape index (κ2) is 7.33. The molecule has 0 spiro atoms. The Bertz CT molecular complexity index is 774. The van der Waals surface area contributed by atoms with Crippen LogP contribution in [0.1, 0.15) is 18.7 Å². The van der Waals surface area contributed by atoms with E-state index in [-0.39, 0.29) is 11.8 Å². The lowest BCUT2D eigenvalue weighted by Gasteiger charge is -2.30. The highest BCUT2D eigenvalue weighted by molar-refractivity contribution is 5.96. The monoisotopic (exact) mass is 344 g/mol. The first-order valence-corrected chi connectivity index (χ1v) is 8.12. The molecule has 25 heavy (non-hydrogen) atoms. The van der Waals surface area contributed by atoms with Crippen LogP contribution >= 0.6 is 0 Å². The molecule has 3 rings (SSSR count). The minimum Gasteiger partial charge on any atom is -0.453 e. The summed E-state index contributed by atoms with van der Waals surface area (Å²) in [5, 5.41) is 6.83. The van der Waals surface area contributed by atoms with E-state index in [0.29, 0.717) is 36.1 Å². The Hall–Kier alpha value is -2.90. The number of hydrogen-bond donors (Lipinski definition) is 1. The first kappa shape index (κ1) is 16.9. The summed E-state index contributed by atoms with van der Waals surface area (Å²) < 4.78 is 9.76. The largest absolute Gasteiger partial charge is 0.453 e. The molecule has 1 unspecified atom stereocenters. The van der Waals surface area contributed by atoms with E-state index >= 15 is 0 Å². The predicted molar refractivity (Wildman–Crippen MR) is 89.8 cm³/mol. The number of carbonyl (C=O) groups excluding carboxylic acids is 2. The third-order valence-corrected chi connectivity index (χ3v) is 4.18. The predicted octanol–water partition coefficient (Wildman–Crippen LogP) is 2.46. The van der Waals surface area contributed by atoms with Crippen LogP contribution in [0, 0.1) is 12.8 Å². The lowest BCUT2D eigenvalue weighted by atomic mass is 9.97. The molecule has 0 saturated carbocycles. The summed E-state index contributed by atoms with van der Waals surface area (Å²) in [5.74, 6) is 0.458. The number of piperidine rings is 1. The number of methoxy groups -OCH3 is 1. The fraction of sp³-hybridized carbons (Fsp3) is 0.412. The maximum atomic E-state index is 12.7. The van der Waals surface area contributed by atoms with Gasteiger partial charge in [-0.05, 0) is 25.0 Å². The number of hydrogen-bond acceptors (Lipinski definition) is 6. The van der Waals surface area contributed by atoms with Gasteiger partial charge in [-0.1, -0.05) is 17.3 Å². The van der Waals surface area contributed by atoms with Gasteiger partial charge < -0.3 is 19.5 Å². The van der Waals surface area contributed by atoms with Crippen molar-refractivity contribution < 1.29 is 18.8 Å². The number of aryl methyl sites for hydroxylation is 1. The summed E-state index contributed by atoms with van der Waals surface area (Å²) in [5.41, 5.74) is 1.30. The van der Waals surface area contributed by atoms with Gasteiger partial charge in [0.05, 0.1) is 18.7 Å². The number of nitrogens with one attached hydrogen (secondary N) is 1. The van der Waals surface area contributed by atoms with Crippen LogP contribution in [0.4, 0.5) is 10.5 Å². The molecule has 8 nitrogen and oxygen atoms in total. The molecule has 1 aliphatic rings. The lowest BCUT2D eigenvalue weighted by molar-refractivity contribution is -0.121. The van der Waals surface area contributed by atoms with Crippen molar-refractivity contribution in [3.63, 3.8) is 0 Å². The van der Waals surface area contributed by atoms with E-state index in [1.165, 1.54) is 7.11 Å². The molecule has 1 aromatic carbocycles. The van der Waals surface area contributed by atoms with Crippen molar-refractivity contribution in [2.45, 2.75) is 19.8 Å². The minimum atomic E-state index is -0.403. The average Bonchev–Trinajstić information content (AvgIpc) is 3.07. The van der Waals surface area contributed by atoms with E-state index in [2.05, 4.69) is 15.5 Å². The van der Waals surface area contributed by atoms with Gasteiger partial charge in [0, 0.05) is 25.6 Å². The Morgan fingerprint density at radius 2 is 2.16 bits per heavy atom. The highest BCUT2D eigenvalue weighted by Gasteiger charge is 2.29. The number of anilines is 1. The Morgan fingerprint density at radius 1 is 1.36 bits per heavy atom. The first-order valence-electron chi connectivity index (χ1n) is 8.12. The second-order valence-corrected chi connectivity index (χ2v) is 5.93. The topological polar surface area (TPSA) is 97.6 Å². The summed E-state index contributed by atoms with van der Waals surface area (Å²) >= 11 is 0. The maximum Gasteiger partial charge on any atom is 0.409 e. The minimum absolute atomic E-state index is 0.138. The van der Waals surface area contributed by atoms with E-state index in [4.69, 9.17) is 9.26 Å². The molecule has 0 radical (unpaired) electrons. The Morgan fingerprint density at radius 3 is 2.88 bits per heavy atom. The lowest BCUT2D eigenvalue weighted by Crippen LogP contribution is -2.43. The van der Waals surface area contributed by atoms with Crippen molar-refractivity contribution >= 4 is 17.7 Å². The van der Waals surface area contributed by atoms with Crippen LogP contribution in [0.15, 0.2) is 28.8 Å². The van der Waals surface area contributed by atoms with E-state index in [0.717, 1.165) is 12.8 Å². The highest BCUT2D eigenvalue weighted by Crippen LogP contribution is 2.27.